The van der Waals surface area contributed by atoms with Crippen LogP contribution in [0.5, 0.6) is 0 Å². The number of nitrogens with two attached hydrogens (primary N) is 1. The third kappa shape index (κ3) is 4.13. The molecule has 0 aliphatic rings. The van der Waals surface area contributed by atoms with Crippen LogP contribution in [0, 0.1) is 0 Å². The minimum absolute atomic E-state index is 0.0946. The maximum atomic E-state index is 11.0. The van der Waals surface area contributed by atoms with E-state index < -0.39 is 0 Å². The Hall–Kier alpha value is -1.35. The van der Waals surface area contributed by atoms with Crippen molar-refractivity contribution >= 4 is 11.5 Å². The smallest absolute Gasteiger partial charge is 0.159 e. The highest BCUT2D eigenvalue weighted by atomic mass is 16.1. The topological polar surface area (TPSA) is 55.1 Å². The molecule has 0 aliphatic heterocycles. The fourth-order valence-corrected chi connectivity index (χ4v) is 1.27. The van der Waals surface area contributed by atoms with E-state index in [0.29, 0.717) is 0 Å². The number of carbonyl (C=O) groups excluding carboxylic acids is 1. The molecule has 3 N–H and O–H groups in total. The van der Waals surface area contributed by atoms with Gasteiger partial charge in [0.1, 0.15) is 0 Å². The predicted octanol–water partition coefficient (Wildman–Crippen LogP) is 2.04. The molecule has 1 rings (SSSR count). The van der Waals surface area contributed by atoms with Crippen molar-refractivity contribution in [3.8, 4) is 0 Å². The number of ketones is 1. The Bertz CT molecular complexity index is 317. The Morgan fingerprint density at radius 3 is 2.47 bits per heavy atom. The molecule has 0 aromatic heterocycles. The Labute approximate surface area is 90.7 Å². The molecule has 1 atom stereocenters. The van der Waals surface area contributed by atoms with Gasteiger partial charge in [0, 0.05) is 23.8 Å². The molecule has 0 bridgehead atoms. The summed E-state index contributed by atoms with van der Waals surface area (Å²) in [5.41, 5.74) is 7.41. The van der Waals surface area contributed by atoms with E-state index in [4.69, 9.17) is 5.73 Å². The zero-order chi connectivity index (χ0) is 11.3. The van der Waals surface area contributed by atoms with Crippen molar-refractivity contribution in [1.29, 1.82) is 0 Å². The van der Waals surface area contributed by atoms with E-state index in [1.807, 2.05) is 31.2 Å². The Morgan fingerprint density at radius 2 is 2.00 bits per heavy atom. The standard InChI is InChI=1S/C12H18N2O/c1-9(13)7-8-14-12-5-3-11(4-6-12)10(2)15/h3-6,9,14H,7-8,13H2,1-2H3. The Balaban J connectivity index is 2.46. The maximum Gasteiger partial charge on any atom is 0.159 e. The molecular weight excluding hydrogens is 188 g/mol. The van der Waals surface area contributed by atoms with Gasteiger partial charge in [-0.15, -0.1) is 0 Å². The molecule has 0 amide bonds. The van der Waals surface area contributed by atoms with Crippen molar-refractivity contribution in [2.75, 3.05) is 11.9 Å². The second-order valence-corrected chi connectivity index (χ2v) is 3.83. The number of anilines is 1. The number of benzene rings is 1. The first-order valence-corrected chi connectivity index (χ1v) is 5.20. The average molecular weight is 206 g/mol. The van der Waals surface area contributed by atoms with E-state index in [0.717, 1.165) is 24.2 Å². The molecule has 3 nitrogen and oxygen atoms in total. The van der Waals surface area contributed by atoms with Gasteiger partial charge in [-0.1, -0.05) is 0 Å². The van der Waals surface area contributed by atoms with E-state index >= 15 is 0 Å². The summed E-state index contributed by atoms with van der Waals surface area (Å²) >= 11 is 0. The molecule has 3 heteroatoms. The summed E-state index contributed by atoms with van der Waals surface area (Å²) in [6, 6.07) is 7.71. The van der Waals surface area contributed by atoms with Gasteiger partial charge in [-0.2, -0.15) is 0 Å². The van der Waals surface area contributed by atoms with Crippen LogP contribution in [0.3, 0.4) is 0 Å². The van der Waals surface area contributed by atoms with Crippen molar-refractivity contribution in [3.05, 3.63) is 29.8 Å². The number of hydrogen-bond donors (Lipinski definition) is 2. The second-order valence-electron chi connectivity index (χ2n) is 3.83. The summed E-state index contributed by atoms with van der Waals surface area (Å²) in [6.07, 6.45) is 0.939. The lowest BCUT2D eigenvalue weighted by Gasteiger charge is -2.08. The van der Waals surface area contributed by atoms with Gasteiger partial charge in [-0.25, -0.2) is 0 Å². The van der Waals surface area contributed by atoms with Gasteiger partial charge in [0.25, 0.3) is 0 Å². The molecular formula is C12H18N2O. The SMILES string of the molecule is CC(=O)c1ccc(NCCC(C)N)cc1. The molecule has 0 heterocycles. The first kappa shape index (κ1) is 11.7. The van der Waals surface area contributed by atoms with Crippen molar-refractivity contribution in [2.45, 2.75) is 26.3 Å². The Kier molecular flexibility index (Phi) is 4.31. The van der Waals surface area contributed by atoms with Crippen LogP contribution in [0.2, 0.25) is 0 Å². The normalized spacial score (nSPS) is 12.2. The quantitative estimate of drug-likeness (QED) is 0.725. The van der Waals surface area contributed by atoms with Crippen LogP contribution >= 0.6 is 0 Å². The molecule has 15 heavy (non-hydrogen) atoms. The molecule has 1 aromatic rings. The van der Waals surface area contributed by atoms with Gasteiger partial charge >= 0.3 is 0 Å². The van der Waals surface area contributed by atoms with Gasteiger partial charge in [-0.05, 0) is 44.5 Å². The number of hydrogen-bond acceptors (Lipinski definition) is 3. The summed E-state index contributed by atoms with van der Waals surface area (Å²) in [5, 5.41) is 3.25. The van der Waals surface area contributed by atoms with E-state index in [1.165, 1.54) is 0 Å². The minimum Gasteiger partial charge on any atom is -0.385 e. The molecule has 0 radical (unpaired) electrons. The van der Waals surface area contributed by atoms with Crippen LogP contribution in [-0.4, -0.2) is 18.4 Å². The van der Waals surface area contributed by atoms with Crippen molar-refractivity contribution < 1.29 is 4.79 Å². The summed E-state index contributed by atoms with van der Waals surface area (Å²) in [4.78, 5) is 11.0. The van der Waals surface area contributed by atoms with Crippen LogP contribution in [0.4, 0.5) is 5.69 Å². The lowest BCUT2D eigenvalue weighted by Crippen LogP contribution is -2.19. The molecule has 0 saturated carbocycles. The number of carbonyl (C=O) groups is 1. The fourth-order valence-electron chi connectivity index (χ4n) is 1.27. The Morgan fingerprint density at radius 1 is 1.40 bits per heavy atom. The van der Waals surface area contributed by atoms with Gasteiger partial charge in [0.15, 0.2) is 5.78 Å². The van der Waals surface area contributed by atoms with Gasteiger partial charge in [-0.3, -0.25) is 4.79 Å². The van der Waals surface area contributed by atoms with Crippen molar-refractivity contribution in [3.63, 3.8) is 0 Å². The zero-order valence-corrected chi connectivity index (χ0v) is 9.29. The van der Waals surface area contributed by atoms with Gasteiger partial charge in [0.05, 0.1) is 0 Å². The number of Topliss-reactive ketones (excluding diaryl/α,β-unsaturated/α-hetero) is 1. The number of nitrogens with one attached hydrogen (secondary N) is 1. The average Bonchev–Trinajstić information content (AvgIpc) is 2.18. The molecule has 82 valence electrons. The second kappa shape index (κ2) is 5.51. The van der Waals surface area contributed by atoms with Gasteiger partial charge < -0.3 is 11.1 Å². The molecule has 1 unspecified atom stereocenters. The molecule has 0 spiro atoms. The van der Waals surface area contributed by atoms with E-state index in [9.17, 15) is 4.79 Å². The fraction of sp³-hybridized carbons (Fsp3) is 0.417. The van der Waals surface area contributed by atoms with Crippen molar-refractivity contribution in [2.24, 2.45) is 5.73 Å². The summed E-state index contributed by atoms with van der Waals surface area (Å²) in [7, 11) is 0. The lowest BCUT2D eigenvalue weighted by molar-refractivity contribution is 0.101. The predicted molar refractivity (Wildman–Crippen MR) is 63.2 cm³/mol. The van der Waals surface area contributed by atoms with Gasteiger partial charge in [0.2, 0.25) is 0 Å². The number of rotatable bonds is 5. The van der Waals surface area contributed by atoms with Crippen LogP contribution < -0.4 is 11.1 Å². The van der Waals surface area contributed by atoms with Crippen LogP contribution in [-0.2, 0) is 0 Å². The zero-order valence-electron chi connectivity index (χ0n) is 9.29. The third-order valence-electron chi connectivity index (χ3n) is 2.22. The monoisotopic (exact) mass is 206 g/mol. The summed E-state index contributed by atoms with van der Waals surface area (Å²) in [6.45, 7) is 4.41. The van der Waals surface area contributed by atoms with E-state index in [1.54, 1.807) is 6.92 Å². The highest BCUT2D eigenvalue weighted by molar-refractivity contribution is 5.94. The van der Waals surface area contributed by atoms with E-state index in [2.05, 4.69) is 5.32 Å². The maximum absolute atomic E-state index is 11.0. The summed E-state index contributed by atoms with van der Waals surface area (Å²) < 4.78 is 0. The third-order valence-corrected chi connectivity index (χ3v) is 2.22. The highest BCUT2D eigenvalue weighted by Gasteiger charge is 1.98. The van der Waals surface area contributed by atoms with Crippen LogP contribution in [0.25, 0.3) is 0 Å². The van der Waals surface area contributed by atoms with Crippen LogP contribution in [0.1, 0.15) is 30.6 Å². The lowest BCUT2D eigenvalue weighted by atomic mass is 10.1. The molecule has 1 aromatic carbocycles. The van der Waals surface area contributed by atoms with Crippen LogP contribution in [0.15, 0.2) is 24.3 Å². The highest BCUT2D eigenvalue weighted by Crippen LogP contribution is 2.09. The summed E-state index contributed by atoms with van der Waals surface area (Å²) in [5.74, 6) is 0.0946. The molecule has 0 saturated heterocycles. The van der Waals surface area contributed by atoms with E-state index in [-0.39, 0.29) is 11.8 Å². The molecule has 0 fully saturated rings. The first-order chi connectivity index (χ1) is 7.09. The molecule has 0 aliphatic carbocycles. The van der Waals surface area contributed by atoms with Crippen molar-refractivity contribution in [1.82, 2.24) is 0 Å². The minimum atomic E-state index is 0.0946. The largest absolute Gasteiger partial charge is 0.385 e. The first-order valence-electron chi connectivity index (χ1n) is 5.20.